The summed E-state index contributed by atoms with van der Waals surface area (Å²) in [7, 11) is 0. The van der Waals surface area contributed by atoms with Crippen LogP contribution in [0, 0.1) is 0 Å². The third kappa shape index (κ3) is 4.01. The molecule has 0 saturated heterocycles. The zero-order chi connectivity index (χ0) is 18.5. The minimum Gasteiger partial charge on any atom is -0.484 e. The number of hydrogen-bond donors (Lipinski definition) is 1. The Morgan fingerprint density at radius 3 is 2.44 bits per heavy atom. The van der Waals surface area contributed by atoms with E-state index in [9.17, 15) is 4.79 Å². The van der Waals surface area contributed by atoms with Gasteiger partial charge in [0.1, 0.15) is 17.6 Å². The molecule has 0 aliphatic heterocycles. The normalized spacial score (nSPS) is 11.9. The maximum atomic E-state index is 12.5. The van der Waals surface area contributed by atoms with E-state index in [1.54, 1.807) is 6.26 Å². The lowest BCUT2D eigenvalue weighted by atomic mass is 10.0. The molecule has 0 aliphatic rings. The van der Waals surface area contributed by atoms with Crippen molar-refractivity contribution in [3.8, 4) is 5.75 Å². The number of ether oxygens (including phenoxy) is 1. The van der Waals surface area contributed by atoms with Gasteiger partial charge in [-0.15, -0.1) is 0 Å². The van der Waals surface area contributed by atoms with Gasteiger partial charge in [0.15, 0.2) is 6.61 Å². The third-order valence-corrected chi connectivity index (χ3v) is 4.36. The van der Waals surface area contributed by atoms with Crippen LogP contribution in [0.2, 0.25) is 0 Å². The summed E-state index contributed by atoms with van der Waals surface area (Å²) in [5.41, 5.74) is 0.950. The zero-order valence-electron chi connectivity index (χ0n) is 14.7. The minimum atomic E-state index is -0.353. The Kier molecular flexibility index (Phi) is 4.88. The molecule has 0 aliphatic carbocycles. The standard InChI is InChI=1S/C23H19NO3/c25-22(16-27-20-13-12-17-7-4-5-10-19(17)15-20)24-23(21-11-6-14-26-21)18-8-2-1-3-9-18/h1-15,23H,16H2,(H,24,25). The van der Waals surface area contributed by atoms with E-state index >= 15 is 0 Å². The van der Waals surface area contributed by atoms with Crippen LogP contribution in [-0.2, 0) is 4.79 Å². The van der Waals surface area contributed by atoms with Gasteiger partial charge in [-0.25, -0.2) is 0 Å². The van der Waals surface area contributed by atoms with Crippen LogP contribution in [0.3, 0.4) is 0 Å². The van der Waals surface area contributed by atoms with Crippen LogP contribution in [0.4, 0.5) is 0 Å². The van der Waals surface area contributed by atoms with Crippen LogP contribution in [-0.4, -0.2) is 12.5 Å². The molecule has 1 aromatic heterocycles. The summed E-state index contributed by atoms with van der Waals surface area (Å²) < 4.78 is 11.2. The van der Waals surface area contributed by atoms with E-state index in [4.69, 9.17) is 9.15 Å². The Balaban J connectivity index is 1.45. The van der Waals surface area contributed by atoms with Gasteiger partial charge in [0.2, 0.25) is 0 Å². The molecule has 4 heteroatoms. The third-order valence-electron chi connectivity index (χ3n) is 4.36. The number of furan rings is 1. The van der Waals surface area contributed by atoms with Crippen molar-refractivity contribution in [2.24, 2.45) is 0 Å². The largest absolute Gasteiger partial charge is 0.484 e. The average Bonchev–Trinajstić information content (AvgIpc) is 3.25. The fourth-order valence-electron chi connectivity index (χ4n) is 3.03. The molecule has 0 radical (unpaired) electrons. The van der Waals surface area contributed by atoms with Crippen molar-refractivity contribution in [1.82, 2.24) is 5.32 Å². The summed E-state index contributed by atoms with van der Waals surface area (Å²) in [6.45, 7) is -0.0671. The summed E-state index contributed by atoms with van der Waals surface area (Å²) >= 11 is 0. The van der Waals surface area contributed by atoms with Gasteiger partial charge in [-0.1, -0.05) is 60.7 Å². The molecule has 0 fully saturated rings. The first-order valence-corrected chi connectivity index (χ1v) is 8.79. The molecule has 4 rings (SSSR count). The summed E-state index contributed by atoms with van der Waals surface area (Å²) in [4.78, 5) is 12.5. The highest BCUT2D eigenvalue weighted by Gasteiger charge is 2.19. The number of carbonyl (C=O) groups excluding carboxylic acids is 1. The number of benzene rings is 3. The topological polar surface area (TPSA) is 51.5 Å². The summed E-state index contributed by atoms with van der Waals surface area (Å²) in [5, 5.41) is 5.20. The van der Waals surface area contributed by atoms with Gasteiger partial charge < -0.3 is 14.5 Å². The van der Waals surface area contributed by atoms with Gasteiger partial charge in [-0.2, -0.15) is 0 Å². The highest BCUT2D eigenvalue weighted by molar-refractivity contribution is 5.84. The van der Waals surface area contributed by atoms with E-state index < -0.39 is 0 Å². The molecule has 27 heavy (non-hydrogen) atoms. The Morgan fingerprint density at radius 1 is 0.889 bits per heavy atom. The van der Waals surface area contributed by atoms with E-state index in [-0.39, 0.29) is 18.6 Å². The monoisotopic (exact) mass is 357 g/mol. The highest BCUT2D eigenvalue weighted by Crippen LogP contribution is 2.23. The Hall–Kier alpha value is -3.53. The lowest BCUT2D eigenvalue weighted by Crippen LogP contribution is -2.33. The average molecular weight is 357 g/mol. The molecule has 0 spiro atoms. The Labute approximate surface area is 157 Å². The van der Waals surface area contributed by atoms with E-state index in [1.165, 1.54) is 0 Å². The number of hydrogen-bond acceptors (Lipinski definition) is 3. The summed E-state index contributed by atoms with van der Waals surface area (Å²) in [6.07, 6.45) is 1.60. The van der Waals surface area contributed by atoms with E-state index in [1.807, 2.05) is 84.9 Å². The lowest BCUT2D eigenvalue weighted by molar-refractivity contribution is -0.123. The van der Waals surface area contributed by atoms with Gasteiger partial charge in [-0.05, 0) is 40.6 Å². The molecule has 4 aromatic rings. The summed E-state index contributed by atoms with van der Waals surface area (Å²) in [6, 6.07) is 26.8. The van der Waals surface area contributed by atoms with Crippen molar-refractivity contribution < 1.29 is 13.9 Å². The first kappa shape index (κ1) is 16.9. The quantitative estimate of drug-likeness (QED) is 0.543. The molecule has 0 saturated carbocycles. The van der Waals surface area contributed by atoms with Gasteiger partial charge in [0.05, 0.1) is 6.26 Å². The fraction of sp³-hybridized carbons (Fsp3) is 0.0870. The number of fused-ring (bicyclic) bond motifs is 1. The molecule has 3 aromatic carbocycles. The van der Waals surface area contributed by atoms with Gasteiger partial charge in [0.25, 0.3) is 5.91 Å². The molecule has 4 nitrogen and oxygen atoms in total. The van der Waals surface area contributed by atoms with Crippen molar-refractivity contribution in [3.63, 3.8) is 0 Å². The van der Waals surface area contributed by atoms with Gasteiger partial charge in [0, 0.05) is 0 Å². The smallest absolute Gasteiger partial charge is 0.258 e. The van der Waals surface area contributed by atoms with Crippen molar-refractivity contribution in [3.05, 3.63) is 103 Å². The molecule has 134 valence electrons. The van der Waals surface area contributed by atoms with Crippen LogP contribution in [0.15, 0.2) is 95.6 Å². The fourth-order valence-corrected chi connectivity index (χ4v) is 3.03. The molecule has 1 unspecified atom stereocenters. The predicted molar refractivity (Wildman–Crippen MR) is 105 cm³/mol. The highest BCUT2D eigenvalue weighted by atomic mass is 16.5. The first-order valence-electron chi connectivity index (χ1n) is 8.79. The van der Waals surface area contributed by atoms with Crippen LogP contribution in [0.1, 0.15) is 17.4 Å². The van der Waals surface area contributed by atoms with Gasteiger partial charge in [-0.3, -0.25) is 4.79 Å². The van der Waals surface area contributed by atoms with E-state index in [0.717, 1.165) is 16.3 Å². The zero-order valence-corrected chi connectivity index (χ0v) is 14.7. The van der Waals surface area contributed by atoms with Crippen LogP contribution in [0.5, 0.6) is 5.75 Å². The molecular weight excluding hydrogens is 338 g/mol. The lowest BCUT2D eigenvalue weighted by Gasteiger charge is -2.17. The molecule has 1 atom stereocenters. The molecule has 1 heterocycles. The number of nitrogens with one attached hydrogen (secondary N) is 1. The van der Waals surface area contributed by atoms with Crippen molar-refractivity contribution in [1.29, 1.82) is 0 Å². The molecule has 0 bridgehead atoms. The second-order valence-electron chi connectivity index (χ2n) is 6.22. The SMILES string of the molecule is O=C(COc1ccc2ccccc2c1)NC(c1ccccc1)c1ccco1. The van der Waals surface area contributed by atoms with Crippen molar-refractivity contribution in [2.45, 2.75) is 6.04 Å². The van der Waals surface area contributed by atoms with Crippen LogP contribution < -0.4 is 10.1 Å². The Bertz CT molecular complexity index is 1030. The van der Waals surface area contributed by atoms with Crippen molar-refractivity contribution in [2.75, 3.05) is 6.61 Å². The number of carbonyl (C=O) groups is 1. The minimum absolute atomic E-state index is 0.0671. The number of amides is 1. The summed E-state index contributed by atoms with van der Waals surface area (Å²) in [5.74, 6) is 1.13. The second kappa shape index (κ2) is 7.79. The van der Waals surface area contributed by atoms with Crippen molar-refractivity contribution >= 4 is 16.7 Å². The molecule has 1 N–H and O–H groups in total. The van der Waals surface area contributed by atoms with E-state index in [2.05, 4.69) is 5.32 Å². The maximum Gasteiger partial charge on any atom is 0.258 e. The van der Waals surface area contributed by atoms with Crippen LogP contribution in [0.25, 0.3) is 10.8 Å². The second-order valence-corrected chi connectivity index (χ2v) is 6.22. The first-order chi connectivity index (χ1) is 13.3. The predicted octanol–water partition coefficient (Wildman–Crippen LogP) is 4.72. The van der Waals surface area contributed by atoms with Gasteiger partial charge >= 0.3 is 0 Å². The number of rotatable bonds is 6. The van der Waals surface area contributed by atoms with E-state index in [0.29, 0.717) is 11.5 Å². The molecule has 1 amide bonds. The maximum absolute atomic E-state index is 12.5. The molecular formula is C23H19NO3. The van der Waals surface area contributed by atoms with Crippen LogP contribution >= 0.6 is 0 Å². The Morgan fingerprint density at radius 2 is 1.67 bits per heavy atom.